The summed E-state index contributed by atoms with van der Waals surface area (Å²) in [7, 11) is 0. The summed E-state index contributed by atoms with van der Waals surface area (Å²) >= 11 is 0. The van der Waals surface area contributed by atoms with Gasteiger partial charge in [0.25, 0.3) is 0 Å². The number of nitrogens with zero attached hydrogens (tertiary/aromatic N) is 4. The quantitative estimate of drug-likeness (QED) is 0.0385. The molecule has 0 amide bonds. The lowest BCUT2D eigenvalue weighted by molar-refractivity contribution is -0.166. The van der Waals surface area contributed by atoms with E-state index < -0.39 is 35.9 Å². The second-order valence-corrected chi connectivity index (χ2v) is 14.2. The molecule has 11 heteroatoms. The molecular weight excluding hydrogens is 770 g/mol. The fraction of sp³-hybridized carbons (Fsp3) is 0.420. The summed E-state index contributed by atoms with van der Waals surface area (Å²) in [4.78, 5) is 37.6. The van der Waals surface area contributed by atoms with Gasteiger partial charge in [-0.25, -0.2) is 4.98 Å². The van der Waals surface area contributed by atoms with E-state index in [0.717, 1.165) is 64.2 Å². The molecule has 0 aliphatic carbocycles. The Kier molecular flexibility index (Phi) is 24.5. The van der Waals surface area contributed by atoms with Crippen LogP contribution >= 0.6 is 0 Å². The normalized spacial score (nSPS) is 18.9. The van der Waals surface area contributed by atoms with Gasteiger partial charge in [-0.2, -0.15) is 14.4 Å². The van der Waals surface area contributed by atoms with Gasteiger partial charge in [-0.15, -0.1) is 6.42 Å². The maximum absolute atomic E-state index is 14.2. The van der Waals surface area contributed by atoms with Crippen molar-refractivity contribution in [1.82, 2.24) is 19.5 Å². The zero-order chi connectivity index (χ0) is 43.8. The van der Waals surface area contributed by atoms with E-state index in [1.165, 1.54) is 10.9 Å². The Hall–Kier alpha value is -5.86. The zero-order valence-corrected chi connectivity index (χ0v) is 36.0. The molecule has 0 spiro atoms. The number of anilines is 1. The Morgan fingerprint density at radius 3 is 1.66 bits per heavy atom. The highest BCUT2D eigenvalue weighted by Gasteiger charge is 2.52. The summed E-state index contributed by atoms with van der Waals surface area (Å²) in [6.45, 7) is 3.89. The number of fused-ring (bicyclic) bond motifs is 1. The van der Waals surface area contributed by atoms with Crippen LogP contribution in [-0.4, -0.2) is 49.8 Å². The predicted molar refractivity (Wildman–Crippen MR) is 244 cm³/mol. The molecule has 10 nitrogen and oxygen atoms in total. The summed E-state index contributed by atoms with van der Waals surface area (Å²) in [5.41, 5.74) is 4.51. The maximum atomic E-state index is 14.2. The van der Waals surface area contributed by atoms with Gasteiger partial charge in [-0.1, -0.05) is 141 Å². The number of ether oxygens (including phenoxy) is 3. The van der Waals surface area contributed by atoms with Crippen molar-refractivity contribution in [2.45, 2.75) is 128 Å². The molecule has 0 saturated carbocycles. The number of nitrogens with two attached hydrogens (primary N) is 1. The van der Waals surface area contributed by atoms with E-state index in [-0.39, 0.29) is 42.9 Å². The molecule has 0 aromatic carbocycles. The lowest BCUT2D eigenvalue weighted by atomic mass is 9.98. The minimum Gasteiger partial charge on any atom is -0.461 e. The molecule has 0 unspecified atom stereocenters. The second kappa shape index (κ2) is 30.2. The number of aromatic nitrogens is 4. The van der Waals surface area contributed by atoms with Crippen LogP contribution in [0, 0.1) is 18.4 Å². The number of rotatable bonds is 28. The number of nitrogen functional groups attached to an aromatic ring is 1. The molecular formula is C50H64FN5O5. The van der Waals surface area contributed by atoms with Gasteiger partial charge in [0, 0.05) is 19.3 Å². The standard InChI is InChI=1S/C50H64FN5O5/c1-4-7-9-11-13-15-17-19-20-21-22-23-24-26-28-30-32-34-36-38-45(58)60-42-39-43(56-41-53-46-47(52)54-49(51)55-48(46)56)61-50(42,6-3)40-59-44(57)37-35-33-31-29-27-25-18-16-14-12-10-8-5-2/h3,7-10,13-16,19-20,22-23,25-28,31-34,41-43H,4-5,11-12,17-18,21,24,29-30,35-40H2,1-2H3,(H2,52,54,55)/b9-7-,10-8-,15-13-,16-14-,20-19-,23-22-,27-25-,28-26-,33-31-,34-32-/t42-,43+,50+/m0/s1. The fourth-order valence-electron chi connectivity index (χ4n) is 6.09. The van der Waals surface area contributed by atoms with Crippen LogP contribution in [-0.2, 0) is 23.8 Å². The molecule has 1 aliphatic rings. The summed E-state index contributed by atoms with van der Waals surface area (Å²) < 4.78 is 33.5. The molecule has 2 N–H and O–H groups in total. The first-order valence-corrected chi connectivity index (χ1v) is 21.5. The number of hydrogen-bond acceptors (Lipinski definition) is 9. The fourth-order valence-corrected chi connectivity index (χ4v) is 6.09. The number of halogens is 1. The molecule has 61 heavy (non-hydrogen) atoms. The predicted octanol–water partition coefficient (Wildman–Crippen LogP) is 11.4. The molecule has 2 aromatic rings. The third kappa shape index (κ3) is 19.4. The first-order valence-electron chi connectivity index (χ1n) is 21.5. The van der Waals surface area contributed by atoms with Crippen molar-refractivity contribution in [3.63, 3.8) is 0 Å². The highest BCUT2D eigenvalue weighted by atomic mass is 19.1. The average Bonchev–Trinajstić information content (AvgIpc) is 3.84. The third-order valence-electron chi connectivity index (χ3n) is 9.32. The molecule has 326 valence electrons. The van der Waals surface area contributed by atoms with E-state index in [0.29, 0.717) is 12.8 Å². The summed E-state index contributed by atoms with van der Waals surface area (Å²) in [5, 5.41) is 0. The maximum Gasteiger partial charge on any atom is 0.312 e. The Balaban J connectivity index is 1.48. The Morgan fingerprint density at radius 1 is 0.754 bits per heavy atom. The van der Waals surface area contributed by atoms with Gasteiger partial charge in [0.15, 0.2) is 17.0 Å². The van der Waals surface area contributed by atoms with E-state index in [9.17, 15) is 14.0 Å². The second-order valence-electron chi connectivity index (χ2n) is 14.2. The molecule has 2 aromatic heterocycles. The number of carbonyl (C=O) groups is 2. The molecule has 1 aliphatic heterocycles. The molecule has 3 atom stereocenters. The van der Waals surface area contributed by atoms with Crippen LogP contribution in [0.4, 0.5) is 10.2 Å². The van der Waals surface area contributed by atoms with Gasteiger partial charge in [0.1, 0.15) is 18.9 Å². The lowest BCUT2D eigenvalue weighted by Crippen LogP contribution is -2.45. The summed E-state index contributed by atoms with van der Waals surface area (Å²) in [5.74, 6) is 1.48. The monoisotopic (exact) mass is 833 g/mol. The molecule has 0 radical (unpaired) electrons. The SMILES string of the molecule is C#C[C@]1(COC(=O)CC/C=C\C/C=C\C/C=C\C/C=C\CC)O[C@@H](n2cnc3c(N)nc(F)nc32)C[C@@H]1OC(=O)CC/C=C\C/C=C\C/C=C\C/C=C\C/C=C\C/C=C\CC. The van der Waals surface area contributed by atoms with Gasteiger partial charge in [0.05, 0.1) is 6.33 Å². The minimum absolute atomic E-state index is 0.0618. The van der Waals surface area contributed by atoms with Gasteiger partial charge in [-0.05, 0) is 77.0 Å². The van der Waals surface area contributed by atoms with Gasteiger partial charge in [-0.3, -0.25) is 14.2 Å². The minimum atomic E-state index is -1.63. The van der Waals surface area contributed by atoms with Crippen molar-refractivity contribution in [1.29, 1.82) is 0 Å². The Morgan fingerprint density at radius 2 is 1.20 bits per heavy atom. The first-order chi connectivity index (χ1) is 29.8. The highest BCUT2D eigenvalue weighted by molar-refractivity contribution is 5.81. The van der Waals surface area contributed by atoms with E-state index in [1.54, 1.807) is 0 Å². The van der Waals surface area contributed by atoms with Crippen LogP contribution in [0.3, 0.4) is 0 Å². The first kappa shape index (κ1) is 49.5. The highest BCUT2D eigenvalue weighted by Crippen LogP contribution is 2.40. The largest absolute Gasteiger partial charge is 0.461 e. The molecule has 0 bridgehead atoms. The molecule has 3 rings (SSSR count). The topological polar surface area (TPSA) is 131 Å². The number of imidazole rings is 1. The van der Waals surface area contributed by atoms with Crippen LogP contribution in [0.2, 0.25) is 0 Å². The van der Waals surface area contributed by atoms with Crippen LogP contribution in [0.25, 0.3) is 11.2 Å². The van der Waals surface area contributed by atoms with Crippen molar-refractivity contribution in [2.24, 2.45) is 0 Å². The van der Waals surface area contributed by atoms with Crippen molar-refractivity contribution < 1.29 is 28.2 Å². The Labute approximate surface area is 362 Å². The smallest absolute Gasteiger partial charge is 0.312 e. The summed E-state index contributed by atoms with van der Waals surface area (Å²) in [6.07, 6.45) is 57.0. The molecule has 3 heterocycles. The average molecular weight is 834 g/mol. The van der Waals surface area contributed by atoms with Crippen LogP contribution < -0.4 is 5.73 Å². The number of allylic oxidation sites excluding steroid dienone is 20. The lowest BCUT2D eigenvalue weighted by Gasteiger charge is -2.28. The molecule has 1 saturated heterocycles. The molecule has 1 fully saturated rings. The van der Waals surface area contributed by atoms with E-state index in [2.05, 4.69) is 132 Å². The van der Waals surface area contributed by atoms with Crippen molar-refractivity contribution in [3.8, 4) is 12.3 Å². The van der Waals surface area contributed by atoms with Gasteiger partial charge in [0.2, 0.25) is 5.60 Å². The number of hydrogen-bond donors (Lipinski definition) is 1. The third-order valence-corrected chi connectivity index (χ3v) is 9.32. The van der Waals surface area contributed by atoms with E-state index in [1.807, 2.05) is 24.3 Å². The van der Waals surface area contributed by atoms with Crippen molar-refractivity contribution in [3.05, 3.63) is 134 Å². The number of terminal acetylenes is 1. The summed E-state index contributed by atoms with van der Waals surface area (Å²) in [6, 6.07) is 0. The Bertz CT molecular complexity index is 1980. The van der Waals surface area contributed by atoms with Crippen LogP contribution in [0.15, 0.2) is 128 Å². The number of carbonyl (C=O) groups excluding carboxylic acids is 2. The number of esters is 2. The van der Waals surface area contributed by atoms with E-state index >= 15 is 0 Å². The van der Waals surface area contributed by atoms with Crippen LogP contribution in [0.5, 0.6) is 0 Å². The van der Waals surface area contributed by atoms with Crippen molar-refractivity contribution in [2.75, 3.05) is 12.3 Å². The van der Waals surface area contributed by atoms with Gasteiger partial charge < -0.3 is 19.9 Å². The zero-order valence-electron chi connectivity index (χ0n) is 36.0. The van der Waals surface area contributed by atoms with E-state index in [4.69, 9.17) is 26.4 Å². The van der Waals surface area contributed by atoms with Gasteiger partial charge >= 0.3 is 18.0 Å². The van der Waals surface area contributed by atoms with Crippen molar-refractivity contribution >= 4 is 28.9 Å². The van der Waals surface area contributed by atoms with Crippen LogP contribution in [0.1, 0.15) is 116 Å².